The van der Waals surface area contributed by atoms with E-state index in [1.165, 1.54) is 45.0 Å². The Labute approximate surface area is 330 Å². The first-order valence-corrected chi connectivity index (χ1v) is 19.4. The average Bonchev–Trinajstić information content (AvgIpc) is 3.23. The third-order valence-electron chi connectivity index (χ3n) is 8.95. The predicted octanol–water partition coefficient (Wildman–Crippen LogP) is 15.3. The lowest BCUT2D eigenvalue weighted by atomic mass is 9.91. The van der Waals surface area contributed by atoms with Gasteiger partial charge in [-0.2, -0.15) is 0 Å². The number of hydrogen-bond acceptors (Lipinski definition) is 2. The SMILES string of the molecule is C=C/C=C(\C)c1cccc(-c2cc(CN=C(/C=C(\N=C)c3ccccc3)c3ccccc3)cc(-c3cccc4cc(C)c(/C=C\C)cc34)c2)c1.CC.CCC. The smallest absolute Gasteiger partial charge is 0.0716 e. The van der Waals surface area contributed by atoms with E-state index < -0.39 is 0 Å². The second-order valence-corrected chi connectivity index (χ2v) is 13.1. The number of aryl methyl sites for hydroxylation is 1. The van der Waals surface area contributed by atoms with Crippen molar-refractivity contribution in [1.29, 1.82) is 0 Å². The van der Waals surface area contributed by atoms with Crippen molar-refractivity contribution in [1.82, 2.24) is 0 Å². The number of allylic oxidation sites excluding steroid dienone is 5. The molecule has 6 aromatic carbocycles. The average molecular weight is 721 g/mol. The molecule has 2 heteroatoms. The minimum Gasteiger partial charge on any atom is -0.280 e. The van der Waals surface area contributed by atoms with E-state index in [1.807, 2.05) is 74.5 Å². The maximum absolute atomic E-state index is 5.25. The lowest BCUT2D eigenvalue weighted by Gasteiger charge is -2.14. The fourth-order valence-electron chi connectivity index (χ4n) is 6.35. The van der Waals surface area contributed by atoms with Gasteiger partial charge in [0.15, 0.2) is 0 Å². The topological polar surface area (TPSA) is 24.7 Å². The minimum absolute atomic E-state index is 0.490. The van der Waals surface area contributed by atoms with E-state index in [1.54, 1.807) is 0 Å². The fourth-order valence-corrected chi connectivity index (χ4v) is 6.35. The van der Waals surface area contributed by atoms with Crippen molar-refractivity contribution in [2.24, 2.45) is 9.98 Å². The summed E-state index contributed by atoms with van der Waals surface area (Å²) in [6.07, 6.45) is 11.5. The lowest BCUT2D eigenvalue weighted by molar-refractivity contribution is 1.07. The summed E-state index contributed by atoms with van der Waals surface area (Å²) in [5.74, 6) is 0. The van der Waals surface area contributed by atoms with Crippen LogP contribution in [0.15, 0.2) is 174 Å². The molecule has 0 spiro atoms. The van der Waals surface area contributed by atoms with Gasteiger partial charge in [0.05, 0.1) is 18.0 Å². The highest BCUT2D eigenvalue weighted by atomic mass is 14.8. The van der Waals surface area contributed by atoms with Crippen molar-refractivity contribution in [3.05, 3.63) is 198 Å². The van der Waals surface area contributed by atoms with Crippen molar-refractivity contribution >= 4 is 40.5 Å². The number of nitrogens with zero attached hydrogens (tertiary/aromatic N) is 2. The van der Waals surface area contributed by atoms with Gasteiger partial charge in [-0.3, -0.25) is 9.98 Å². The number of fused-ring (bicyclic) bond motifs is 1. The highest BCUT2D eigenvalue weighted by Gasteiger charge is 2.12. The second kappa shape index (κ2) is 21.5. The van der Waals surface area contributed by atoms with Gasteiger partial charge in [0.2, 0.25) is 0 Å². The van der Waals surface area contributed by atoms with E-state index in [0.717, 1.165) is 44.8 Å². The summed E-state index contributed by atoms with van der Waals surface area (Å²) in [4.78, 5) is 9.64. The first-order chi connectivity index (χ1) is 26.9. The summed E-state index contributed by atoms with van der Waals surface area (Å²) < 4.78 is 0. The van der Waals surface area contributed by atoms with Crippen LogP contribution in [0.5, 0.6) is 0 Å². The van der Waals surface area contributed by atoms with Crippen molar-refractivity contribution < 1.29 is 0 Å². The minimum atomic E-state index is 0.490. The highest BCUT2D eigenvalue weighted by Crippen LogP contribution is 2.35. The van der Waals surface area contributed by atoms with E-state index in [-0.39, 0.29) is 0 Å². The molecule has 0 fully saturated rings. The monoisotopic (exact) mass is 720 g/mol. The van der Waals surface area contributed by atoms with Crippen molar-refractivity contribution in [2.45, 2.75) is 61.4 Å². The molecule has 6 aromatic rings. The van der Waals surface area contributed by atoms with Crippen LogP contribution in [0.25, 0.3) is 50.4 Å². The Morgan fingerprint density at radius 3 is 1.98 bits per heavy atom. The van der Waals surface area contributed by atoms with Gasteiger partial charge >= 0.3 is 0 Å². The Hall–Kier alpha value is -6.12. The zero-order chi connectivity index (χ0) is 39.6. The predicted molar refractivity (Wildman–Crippen MR) is 246 cm³/mol. The van der Waals surface area contributed by atoms with Crippen LogP contribution in [0.1, 0.15) is 81.3 Å². The van der Waals surface area contributed by atoms with Gasteiger partial charge in [0.25, 0.3) is 0 Å². The highest BCUT2D eigenvalue weighted by molar-refractivity contribution is 6.12. The zero-order valence-corrected chi connectivity index (χ0v) is 33.8. The quantitative estimate of drug-likeness (QED) is 0.0940. The van der Waals surface area contributed by atoms with Crippen LogP contribution in [0.4, 0.5) is 0 Å². The summed E-state index contributed by atoms with van der Waals surface area (Å²) in [5, 5.41) is 2.46. The molecule has 0 radical (unpaired) electrons. The van der Waals surface area contributed by atoms with Crippen LogP contribution in [-0.4, -0.2) is 12.4 Å². The molecule has 6 rings (SSSR count). The molecule has 278 valence electrons. The van der Waals surface area contributed by atoms with E-state index >= 15 is 0 Å². The largest absolute Gasteiger partial charge is 0.280 e. The first kappa shape index (κ1) is 41.6. The number of aliphatic imine (C=N–C) groups is 2. The first-order valence-electron chi connectivity index (χ1n) is 19.4. The van der Waals surface area contributed by atoms with E-state index in [0.29, 0.717) is 6.54 Å². The van der Waals surface area contributed by atoms with Gasteiger partial charge < -0.3 is 0 Å². The summed E-state index contributed by atoms with van der Waals surface area (Å²) in [6, 6.07) is 47.2. The summed E-state index contributed by atoms with van der Waals surface area (Å²) >= 11 is 0. The summed E-state index contributed by atoms with van der Waals surface area (Å²) in [5.41, 5.74) is 14.3. The Kier molecular flexibility index (Phi) is 16.3. The fraction of sp³-hybridized carbons (Fsp3) is 0.170. The molecule has 0 atom stereocenters. The van der Waals surface area contributed by atoms with Crippen LogP contribution < -0.4 is 0 Å². The molecule has 0 aromatic heterocycles. The van der Waals surface area contributed by atoms with Gasteiger partial charge in [-0.1, -0.05) is 168 Å². The third-order valence-corrected chi connectivity index (χ3v) is 8.95. The van der Waals surface area contributed by atoms with Crippen LogP contribution in [0.3, 0.4) is 0 Å². The van der Waals surface area contributed by atoms with Crippen LogP contribution >= 0.6 is 0 Å². The standard InChI is InChI=1S/C48H42N2.C3H8.C2H6/c1-6-16-34(3)40-22-14-23-41(29-40)43-27-36(28-44(30-43)45-25-15-24-42-26-35(4)39(17-7-2)31-46(42)45)33-50-48(38-20-12-9-13-21-38)32-47(49-5)37-18-10-8-11-19-37;1-3-2;1-2/h6-32H,1,5,33H2,2-4H3;3H2,1-2H3;1-2H3/b17-7-,34-16+,47-32-,50-48?;;. The van der Waals surface area contributed by atoms with Crippen molar-refractivity contribution in [3.63, 3.8) is 0 Å². The zero-order valence-electron chi connectivity index (χ0n) is 33.8. The number of benzene rings is 6. The molecule has 0 N–H and O–H groups in total. The Morgan fingerprint density at radius 1 is 0.691 bits per heavy atom. The Balaban J connectivity index is 0.00000128. The van der Waals surface area contributed by atoms with Gasteiger partial charge in [0, 0.05) is 5.56 Å². The molecular weight excluding hydrogens is 665 g/mol. The van der Waals surface area contributed by atoms with Gasteiger partial charge in [-0.15, -0.1) is 0 Å². The third kappa shape index (κ3) is 11.2. The number of rotatable bonds is 11. The van der Waals surface area contributed by atoms with Crippen molar-refractivity contribution in [2.75, 3.05) is 0 Å². The maximum Gasteiger partial charge on any atom is 0.0716 e. The van der Waals surface area contributed by atoms with E-state index in [2.05, 4.69) is 156 Å². The lowest BCUT2D eigenvalue weighted by Crippen LogP contribution is -2.00. The van der Waals surface area contributed by atoms with Crippen LogP contribution in [0.2, 0.25) is 0 Å². The van der Waals surface area contributed by atoms with Crippen LogP contribution in [-0.2, 0) is 6.54 Å². The summed E-state index contributed by atoms with van der Waals surface area (Å²) in [6.45, 7) is 22.9. The van der Waals surface area contributed by atoms with Crippen LogP contribution in [0, 0.1) is 6.92 Å². The summed E-state index contributed by atoms with van der Waals surface area (Å²) in [7, 11) is 0. The van der Waals surface area contributed by atoms with Gasteiger partial charge in [-0.25, -0.2) is 0 Å². The molecule has 0 amide bonds. The Morgan fingerprint density at radius 2 is 1.33 bits per heavy atom. The molecule has 2 nitrogen and oxygen atoms in total. The molecule has 0 unspecified atom stereocenters. The molecule has 0 saturated carbocycles. The maximum atomic E-state index is 5.25. The molecule has 0 bridgehead atoms. The second-order valence-electron chi connectivity index (χ2n) is 13.1. The molecule has 55 heavy (non-hydrogen) atoms. The van der Waals surface area contributed by atoms with Gasteiger partial charge in [-0.05, 0) is 130 Å². The molecule has 0 aliphatic carbocycles. The molecule has 0 heterocycles. The molecule has 0 aliphatic heterocycles. The molecule has 0 saturated heterocycles. The van der Waals surface area contributed by atoms with E-state index in [9.17, 15) is 0 Å². The van der Waals surface area contributed by atoms with Crippen molar-refractivity contribution in [3.8, 4) is 22.3 Å². The Bertz CT molecular complexity index is 2300. The molecular formula is C53H56N2. The van der Waals surface area contributed by atoms with Gasteiger partial charge in [0.1, 0.15) is 0 Å². The van der Waals surface area contributed by atoms with E-state index in [4.69, 9.17) is 4.99 Å². The number of hydrogen-bond donors (Lipinski definition) is 0. The normalized spacial score (nSPS) is 11.7. The molecule has 0 aliphatic rings.